The number of carbonyl (C=O) groups excluding carboxylic acids is 1. The van der Waals surface area contributed by atoms with Crippen LogP contribution >= 0.6 is 0 Å². The predicted molar refractivity (Wildman–Crippen MR) is 115 cm³/mol. The van der Waals surface area contributed by atoms with Gasteiger partial charge in [-0.25, -0.2) is 8.42 Å². The van der Waals surface area contributed by atoms with Gasteiger partial charge in [-0.2, -0.15) is 4.31 Å². The molecule has 0 spiro atoms. The van der Waals surface area contributed by atoms with E-state index in [4.69, 9.17) is 0 Å². The number of rotatable bonds is 5. The molecule has 0 radical (unpaired) electrons. The molecule has 5 nitrogen and oxygen atoms in total. The van der Waals surface area contributed by atoms with E-state index in [-0.39, 0.29) is 18.4 Å². The van der Waals surface area contributed by atoms with Gasteiger partial charge in [0.1, 0.15) is 0 Å². The number of benzene rings is 2. The van der Waals surface area contributed by atoms with E-state index in [1.807, 2.05) is 64.1 Å². The minimum atomic E-state index is -3.63. The molecule has 29 heavy (non-hydrogen) atoms. The molecule has 1 amide bonds. The Bertz CT molecular complexity index is 992. The van der Waals surface area contributed by atoms with E-state index in [2.05, 4.69) is 5.32 Å². The topological polar surface area (TPSA) is 66.5 Å². The second-order valence-electron chi connectivity index (χ2n) is 8.14. The van der Waals surface area contributed by atoms with Gasteiger partial charge < -0.3 is 5.32 Å². The molecule has 3 rings (SSSR count). The first-order valence-corrected chi connectivity index (χ1v) is 11.5. The second-order valence-corrected chi connectivity index (χ2v) is 10.0. The van der Waals surface area contributed by atoms with Crippen molar-refractivity contribution in [3.05, 3.63) is 64.2 Å². The van der Waals surface area contributed by atoms with Crippen LogP contribution in [-0.2, 0) is 21.4 Å². The fourth-order valence-corrected chi connectivity index (χ4v) is 6.17. The van der Waals surface area contributed by atoms with Crippen molar-refractivity contribution in [1.29, 1.82) is 0 Å². The molecule has 1 heterocycles. The van der Waals surface area contributed by atoms with Gasteiger partial charge in [-0.05, 0) is 57.2 Å². The summed E-state index contributed by atoms with van der Waals surface area (Å²) in [5.41, 5.74) is 4.76. The quantitative estimate of drug-likeness (QED) is 0.812. The van der Waals surface area contributed by atoms with E-state index in [0.29, 0.717) is 30.8 Å². The Balaban J connectivity index is 1.72. The average Bonchev–Trinajstić information content (AvgIpc) is 2.65. The zero-order valence-corrected chi connectivity index (χ0v) is 18.5. The number of nitrogens with zero attached hydrogens (tertiary/aromatic N) is 1. The SMILES string of the molecule is Cc1cccc(CNC(=O)C2CCCN(S(=O)(=O)c3c(C)cc(C)cc3C)C2)c1. The highest BCUT2D eigenvalue weighted by Gasteiger charge is 2.34. The van der Waals surface area contributed by atoms with Gasteiger partial charge in [0.15, 0.2) is 0 Å². The van der Waals surface area contributed by atoms with Crippen molar-refractivity contribution in [2.45, 2.75) is 52.0 Å². The predicted octanol–water partition coefficient (Wildman–Crippen LogP) is 3.64. The summed E-state index contributed by atoms with van der Waals surface area (Å²) in [7, 11) is -3.63. The number of amides is 1. The maximum Gasteiger partial charge on any atom is 0.243 e. The molecule has 6 heteroatoms. The van der Waals surface area contributed by atoms with E-state index < -0.39 is 10.0 Å². The summed E-state index contributed by atoms with van der Waals surface area (Å²) in [5, 5.41) is 2.98. The van der Waals surface area contributed by atoms with Crippen LogP contribution in [0.4, 0.5) is 0 Å². The van der Waals surface area contributed by atoms with Crippen molar-refractivity contribution in [3.8, 4) is 0 Å². The number of sulfonamides is 1. The summed E-state index contributed by atoms with van der Waals surface area (Å²) >= 11 is 0. The molecular formula is C23H30N2O3S. The van der Waals surface area contributed by atoms with Crippen molar-refractivity contribution in [2.24, 2.45) is 5.92 Å². The number of carbonyl (C=O) groups is 1. The van der Waals surface area contributed by atoms with Crippen LogP contribution in [0.3, 0.4) is 0 Å². The van der Waals surface area contributed by atoms with Crippen LogP contribution in [0.2, 0.25) is 0 Å². The van der Waals surface area contributed by atoms with Crippen LogP contribution in [0.25, 0.3) is 0 Å². The number of piperidine rings is 1. The Morgan fingerprint density at radius 1 is 1.07 bits per heavy atom. The van der Waals surface area contributed by atoms with Gasteiger partial charge in [-0.15, -0.1) is 0 Å². The molecule has 2 aromatic rings. The monoisotopic (exact) mass is 414 g/mol. The first-order valence-electron chi connectivity index (χ1n) is 10.1. The normalized spacial score (nSPS) is 17.9. The third kappa shape index (κ3) is 4.87. The molecule has 0 aliphatic carbocycles. The molecule has 0 bridgehead atoms. The summed E-state index contributed by atoms with van der Waals surface area (Å²) in [6.45, 7) is 8.80. The van der Waals surface area contributed by atoms with E-state index >= 15 is 0 Å². The van der Waals surface area contributed by atoms with Gasteiger partial charge in [-0.3, -0.25) is 4.79 Å². The lowest BCUT2D eigenvalue weighted by molar-refractivity contribution is -0.126. The lowest BCUT2D eigenvalue weighted by Gasteiger charge is -2.32. The molecule has 2 aromatic carbocycles. The summed E-state index contributed by atoms with van der Waals surface area (Å²) < 4.78 is 28.1. The van der Waals surface area contributed by atoms with E-state index in [9.17, 15) is 13.2 Å². The zero-order valence-electron chi connectivity index (χ0n) is 17.7. The van der Waals surface area contributed by atoms with Crippen molar-refractivity contribution < 1.29 is 13.2 Å². The maximum atomic E-state index is 13.3. The smallest absolute Gasteiger partial charge is 0.243 e. The highest BCUT2D eigenvalue weighted by Crippen LogP contribution is 2.29. The number of aryl methyl sites for hydroxylation is 4. The van der Waals surface area contributed by atoms with Gasteiger partial charge >= 0.3 is 0 Å². The molecule has 156 valence electrons. The molecule has 1 atom stereocenters. The van der Waals surface area contributed by atoms with Crippen molar-refractivity contribution in [3.63, 3.8) is 0 Å². The fourth-order valence-electron chi connectivity index (χ4n) is 4.23. The van der Waals surface area contributed by atoms with Gasteiger partial charge in [0, 0.05) is 19.6 Å². The first-order chi connectivity index (χ1) is 13.7. The maximum absolute atomic E-state index is 13.3. The van der Waals surface area contributed by atoms with Gasteiger partial charge in [0.25, 0.3) is 0 Å². The molecule has 1 N–H and O–H groups in total. The molecule has 1 fully saturated rings. The fraction of sp³-hybridized carbons (Fsp3) is 0.435. The van der Waals surface area contributed by atoms with Crippen molar-refractivity contribution >= 4 is 15.9 Å². The molecule has 0 saturated carbocycles. The minimum absolute atomic E-state index is 0.0799. The molecule has 1 unspecified atom stereocenters. The molecular weight excluding hydrogens is 384 g/mol. The minimum Gasteiger partial charge on any atom is -0.352 e. The highest BCUT2D eigenvalue weighted by molar-refractivity contribution is 7.89. The van der Waals surface area contributed by atoms with Crippen LogP contribution in [0, 0.1) is 33.6 Å². The third-order valence-corrected chi connectivity index (χ3v) is 7.68. The van der Waals surface area contributed by atoms with Gasteiger partial charge in [-0.1, -0.05) is 47.5 Å². The van der Waals surface area contributed by atoms with E-state index in [1.165, 1.54) is 4.31 Å². The lowest BCUT2D eigenvalue weighted by Crippen LogP contribution is -2.45. The Morgan fingerprint density at radius 2 is 1.76 bits per heavy atom. The van der Waals surface area contributed by atoms with E-state index in [0.717, 1.165) is 27.8 Å². The number of nitrogens with one attached hydrogen (secondary N) is 1. The number of hydrogen-bond donors (Lipinski definition) is 1. The van der Waals surface area contributed by atoms with Gasteiger partial charge in [0.2, 0.25) is 15.9 Å². The Labute approximate surface area is 174 Å². The lowest BCUT2D eigenvalue weighted by atomic mass is 9.98. The summed E-state index contributed by atoms with van der Waals surface area (Å²) in [4.78, 5) is 13.1. The van der Waals surface area contributed by atoms with Crippen LogP contribution in [0.1, 0.15) is 40.7 Å². The molecule has 1 aliphatic rings. The zero-order chi connectivity index (χ0) is 21.2. The Morgan fingerprint density at radius 3 is 2.41 bits per heavy atom. The Hall–Kier alpha value is -2.18. The third-order valence-electron chi connectivity index (χ3n) is 5.51. The van der Waals surface area contributed by atoms with Crippen molar-refractivity contribution in [2.75, 3.05) is 13.1 Å². The summed E-state index contributed by atoms with van der Waals surface area (Å²) in [6, 6.07) is 11.8. The molecule has 1 aliphatic heterocycles. The molecule has 1 saturated heterocycles. The van der Waals surface area contributed by atoms with Gasteiger partial charge in [0.05, 0.1) is 10.8 Å². The van der Waals surface area contributed by atoms with Crippen molar-refractivity contribution in [1.82, 2.24) is 9.62 Å². The largest absolute Gasteiger partial charge is 0.352 e. The first kappa shape index (κ1) is 21.5. The summed E-state index contributed by atoms with van der Waals surface area (Å²) in [5.74, 6) is -0.404. The number of hydrogen-bond acceptors (Lipinski definition) is 3. The Kier molecular flexibility index (Phi) is 6.44. The average molecular weight is 415 g/mol. The highest BCUT2D eigenvalue weighted by atomic mass is 32.2. The standard InChI is InChI=1S/C23H30N2O3S/c1-16-7-5-8-20(13-16)14-24-23(26)21-9-6-10-25(15-21)29(27,28)22-18(3)11-17(2)12-19(22)4/h5,7-8,11-13,21H,6,9-10,14-15H2,1-4H3,(H,24,26). The van der Waals surface area contributed by atoms with Crippen LogP contribution < -0.4 is 5.32 Å². The van der Waals surface area contributed by atoms with E-state index in [1.54, 1.807) is 0 Å². The van der Waals surface area contributed by atoms with Crippen LogP contribution in [-0.4, -0.2) is 31.7 Å². The van der Waals surface area contributed by atoms with Crippen LogP contribution in [0.15, 0.2) is 41.3 Å². The van der Waals surface area contributed by atoms with Crippen LogP contribution in [0.5, 0.6) is 0 Å². The summed E-state index contributed by atoms with van der Waals surface area (Å²) in [6.07, 6.45) is 1.39. The second kappa shape index (κ2) is 8.67. The molecule has 0 aromatic heterocycles.